The molecule has 114 valence electrons. The first-order chi connectivity index (χ1) is 9.90. The first kappa shape index (κ1) is 15.2. The van der Waals surface area contributed by atoms with Crippen molar-refractivity contribution in [2.24, 2.45) is 0 Å². The van der Waals surface area contributed by atoms with E-state index in [9.17, 15) is 14.9 Å². The molecule has 0 spiro atoms. The Hall–Kier alpha value is -2.15. The number of non-ortho nitro benzene ring substituents is 1. The van der Waals surface area contributed by atoms with Crippen molar-refractivity contribution in [3.63, 3.8) is 0 Å². The highest BCUT2D eigenvalue weighted by atomic mass is 16.6. The zero-order valence-corrected chi connectivity index (χ0v) is 12.4. The van der Waals surface area contributed by atoms with Crippen LogP contribution in [0.3, 0.4) is 0 Å². The van der Waals surface area contributed by atoms with Gasteiger partial charge in [0.25, 0.3) is 5.69 Å². The van der Waals surface area contributed by atoms with Crippen LogP contribution in [0.15, 0.2) is 24.3 Å². The molecule has 0 aromatic heterocycles. The lowest BCUT2D eigenvalue weighted by Crippen LogP contribution is -2.49. The summed E-state index contributed by atoms with van der Waals surface area (Å²) in [6.45, 7) is 6.45. The van der Waals surface area contributed by atoms with E-state index in [0.29, 0.717) is 0 Å². The number of hydrogen-bond donors (Lipinski definition) is 1. The maximum absolute atomic E-state index is 11.9. The summed E-state index contributed by atoms with van der Waals surface area (Å²) in [6.07, 6.45) is 0.695. The Bertz CT molecular complexity index is 530. The molecule has 1 aliphatic heterocycles. The minimum atomic E-state index is -0.429. The highest BCUT2D eigenvalue weighted by Gasteiger charge is 2.35. The summed E-state index contributed by atoms with van der Waals surface area (Å²) < 4.78 is 0. The number of benzene rings is 1. The second-order valence-electron chi connectivity index (χ2n) is 5.37. The van der Waals surface area contributed by atoms with Crippen molar-refractivity contribution >= 4 is 17.3 Å². The van der Waals surface area contributed by atoms with Crippen LogP contribution in [0.1, 0.15) is 27.2 Å². The van der Waals surface area contributed by atoms with Crippen molar-refractivity contribution in [2.75, 3.05) is 11.9 Å². The normalized spacial score (nSPS) is 19.0. The van der Waals surface area contributed by atoms with Crippen LogP contribution < -0.4 is 5.32 Å². The van der Waals surface area contributed by atoms with Gasteiger partial charge in [-0.25, -0.2) is 5.01 Å². The summed E-state index contributed by atoms with van der Waals surface area (Å²) >= 11 is 0. The molecule has 0 aliphatic carbocycles. The van der Waals surface area contributed by atoms with E-state index in [1.54, 1.807) is 24.1 Å². The molecule has 1 saturated heterocycles. The van der Waals surface area contributed by atoms with E-state index in [4.69, 9.17) is 0 Å². The lowest BCUT2D eigenvalue weighted by molar-refractivity contribution is -0.384. The number of carbonyl (C=O) groups excluding carboxylic acids is 1. The first-order valence-corrected chi connectivity index (χ1v) is 6.97. The average molecular weight is 292 g/mol. The van der Waals surface area contributed by atoms with Crippen molar-refractivity contribution in [3.8, 4) is 0 Å². The molecule has 0 radical (unpaired) electrons. The van der Waals surface area contributed by atoms with E-state index in [1.165, 1.54) is 12.1 Å². The lowest BCUT2D eigenvalue weighted by Gasteiger charge is -2.34. The Morgan fingerprint density at radius 1 is 1.38 bits per heavy atom. The van der Waals surface area contributed by atoms with Crippen molar-refractivity contribution in [2.45, 2.75) is 39.4 Å². The van der Waals surface area contributed by atoms with Gasteiger partial charge in [0.15, 0.2) is 0 Å². The second-order valence-corrected chi connectivity index (χ2v) is 5.37. The third-order valence-corrected chi connectivity index (χ3v) is 3.53. The molecule has 1 aliphatic rings. The lowest BCUT2D eigenvalue weighted by atomic mass is 10.2. The molecule has 2 rings (SSSR count). The van der Waals surface area contributed by atoms with Crippen molar-refractivity contribution in [1.29, 1.82) is 0 Å². The van der Waals surface area contributed by atoms with Crippen LogP contribution >= 0.6 is 0 Å². The SMILES string of the molecule is CC(=O)N1[C@H](Nc2ccc([N+](=O)[O-])cc2)CCN1C(C)C. The quantitative estimate of drug-likeness (QED) is 0.680. The number of amides is 1. The number of nitro groups is 1. The van der Waals surface area contributed by atoms with Gasteiger partial charge < -0.3 is 5.32 Å². The van der Waals surface area contributed by atoms with E-state index >= 15 is 0 Å². The molecular formula is C14H20N4O3. The van der Waals surface area contributed by atoms with E-state index < -0.39 is 4.92 Å². The number of nitro benzene ring substituents is 1. The third kappa shape index (κ3) is 3.30. The third-order valence-electron chi connectivity index (χ3n) is 3.53. The smallest absolute Gasteiger partial charge is 0.269 e. The van der Waals surface area contributed by atoms with Gasteiger partial charge in [0.2, 0.25) is 5.91 Å². The van der Waals surface area contributed by atoms with Crippen LogP contribution in [0.25, 0.3) is 0 Å². The number of hydrogen-bond acceptors (Lipinski definition) is 5. The van der Waals surface area contributed by atoms with Gasteiger partial charge in [-0.05, 0) is 26.0 Å². The van der Waals surface area contributed by atoms with E-state index in [-0.39, 0.29) is 23.8 Å². The molecule has 7 heteroatoms. The molecule has 1 atom stereocenters. The topological polar surface area (TPSA) is 78.7 Å². The fourth-order valence-corrected chi connectivity index (χ4v) is 2.58. The van der Waals surface area contributed by atoms with Crippen LogP contribution in [0, 0.1) is 10.1 Å². The maximum Gasteiger partial charge on any atom is 0.269 e. The summed E-state index contributed by atoms with van der Waals surface area (Å²) in [7, 11) is 0. The van der Waals surface area contributed by atoms with Crippen molar-refractivity contribution < 1.29 is 9.72 Å². The number of carbonyl (C=O) groups is 1. The van der Waals surface area contributed by atoms with Crippen molar-refractivity contribution in [3.05, 3.63) is 34.4 Å². The standard InChI is InChI=1S/C14H20N4O3/c1-10(2)16-9-8-14(17(16)11(3)19)15-12-4-6-13(7-5-12)18(20)21/h4-7,10,14-15H,8-9H2,1-3H3/t14-/m0/s1. The van der Waals surface area contributed by atoms with E-state index in [1.807, 2.05) is 18.9 Å². The Morgan fingerprint density at radius 3 is 2.48 bits per heavy atom. The summed E-state index contributed by atoms with van der Waals surface area (Å²) in [4.78, 5) is 22.1. The Morgan fingerprint density at radius 2 is 2.00 bits per heavy atom. The van der Waals surface area contributed by atoms with E-state index in [0.717, 1.165) is 18.7 Å². The van der Waals surface area contributed by atoms with Crippen LogP contribution in [-0.2, 0) is 4.79 Å². The number of rotatable bonds is 4. The number of hydrazine groups is 1. The monoisotopic (exact) mass is 292 g/mol. The predicted octanol–water partition coefficient (Wildman–Crippen LogP) is 2.21. The minimum Gasteiger partial charge on any atom is -0.364 e. The second kappa shape index (κ2) is 6.09. The first-order valence-electron chi connectivity index (χ1n) is 6.97. The van der Waals surface area contributed by atoms with Gasteiger partial charge in [-0.1, -0.05) is 0 Å². The molecule has 1 aromatic carbocycles. The van der Waals surface area contributed by atoms with Gasteiger partial charge in [-0.2, -0.15) is 0 Å². The fraction of sp³-hybridized carbons (Fsp3) is 0.500. The molecule has 0 saturated carbocycles. The molecule has 1 N–H and O–H groups in total. The largest absolute Gasteiger partial charge is 0.364 e. The molecule has 1 aromatic rings. The summed E-state index contributed by atoms with van der Waals surface area (Å²) in [5.41, 5.74) is 0.821. The molecular weight excluding hydrogens is 272 g/mol. The number of nitrogens with one attached hydrogen (secondary N) is 1. The summed E-state index contributed by atoms with van der Waals surface area (Å²) in [6, 6.07) is 6.48. The molecule has 1 fully saturated rings. The Labute approximate surface area is 123 Å². The van der Waals surface area contributed by atoms with E-state index in [2.05, 4.69) is 5.32 Å². The molecule has 1 heterocycles. The van der Waals surface area contributed by atoms with Crippen LogP contribution in [0.2, 0.25) is 0 Å². The Balaban J connectivity index is 2.11. The highest BCUT2D eigenvalue weighted by molar-refractivity contribution is 5.73. The van der Waals surface area contributed by atoms with Gasteiger partial charge >= 0.3 is 0 Å². The summed E-state index contributed by atoms with van der Waals surface area (Å²) in [5.74, 6) is -0.0133. The Kier molecular flexibility index (Phi) is 4.42. The van der Waals surface area contributed by atoms with Crippen LogP contribution in [0.4, 0.5) is 11.4 Å². The predicted molar refractivity (Wildman–Crippen MR) is 79.5 cm³/mol. The average Bonchev–Trinajstić information content (AvgIpc) is 2.83. The minimum absolute atomic E-state index is 0.0133. The van der Waals surface area contributed by atoms with Gasteiger partial charge in [0.05, 0.1) is 4.92 Å². The zero-order chi connectivity index (χ0) is 15.6. The van der Waals surface area contributed by atoms with Gasteiger partial charge in [-0.15, -0.1) is 0 Å². The molecule has 21 heavy (non-hydrogen) atoms. The van der Waals surface area contributed by atoms with Gasteiger partial charge in [0.1, 0.15) is 6.17 Å². The van der Waals surface area contributed by atoms with Gasteiger partial charge in [0, 0.05) is 43.8 Å². The zero-order valence-electron chi connectivity index (χ0n) is 12.4. The molecule has 0 unspecified atom stereocenters. The highest BCUT2D eigenvalue weighted by Crippen LogP contribution is 2.24. The van der Waals surface area contributed by atoms with Crippen LogP contribution in [0.5, 0.6) is 0 Å². The van der Waals surface area contributed by atoms with Crippen molar-refractivity contribution in [1.82, 2.24) is 10.0 Å². The molecule has 1 amide bonds. The summed E-state index contributed by atoms with van der Waals surface area (Å²) in [5, 5.41) is 17.7. The van der Waals surface area contributed by atoms with Crippen LogP contribution in [-0.4, -0.2) is 39.6 Å². The fourth-order valence-electron chi connectivity index (χ4n) is 2.58. The molecule has 7 nitrogen and oxygen atoms in total. The van der Waals surface area contributed by atoms with Gasteiger partial charge in [-0.3, -0.25) is 19.9 Å². The number of nitrogens with zero attached hydrogens (tertiary/aromatic N) is 3. The number of anilines is 1. The molecule has 0 bridgehead atoms. The maximum atomic E-state index is 11.9.